The maximum atomic E-state index is 5.96. The van der Waals surface area contributed by atoms with Crippen molar-refractivity contribution in [1.82, 2.24) is 5.16 Å². The van der Waals surface area contributed by atoms with Crippen LogP contribution in [0.2, 0.25) is 5.02 Å². The first-order valence-electron chi connectivity index (χ1n) is 6.59. The van der Waals surface area contributed by atoms with Gasteiger partial charge in [0.25, 0.3) is 0 Å². The molecule has 1 aromatic carbocycles. The summed E-state index contributed by atoms with van der Waals surface area (Å²) in [6, 6.07) is 8.18. The molecule has 2 atom stereocenters. The summed E-state index contributed by atoms with van der Waals surface area (Å²) in [5, 5.41) is 8.03. The summed E-state index contributed by atoms with van der Waals surface area (Å²) in [4.78, 5) is 0. The fraction of sp³-hybridized carbons (Fsp3) is 0.400. The number of nitrogens with zero attached hydrogens (tertiary/aromatic N) is 1. The van der Waals surface area contributed by atoms with Crippen molar-refractivity contribution in [2.75, 3.05) is 12.4 Å². The molecule has 0 spiro atoms. The van der Waals surface area contributed by atoms with Gasteiger partial charge in [-0.15, -0.1) is 0 Å². The first kappa shape index (κ1) is 12.5. The average molecular weight is 277 g/mol. The topological polar surface area (TPSA) is 38.1 Å². The zero-order valence-electron chi connectivity index (χ0n) is 11.1. The molecule has 0 saturated heterocycles. The van der Waals surface area contributed by atoms with Crippen molar-refractivity contribution in [3.05, 3.63) is 46.1 Å². The Balaban J connectivity index is 1.94. The molecule has 1 aromatic heterocycles. The lowest BCUT2D eigenvalue weighted by Crippen LogP contribution is -2.21. The predicted molar refractivity (Wildman–Crippen MR) is 76.8 cm³/mol. The molecular formula is C15H17ClN2O. The van der Waals surface area contributed by atoms with Crippen LogP contribution in [0.25, 0.3) is 0 Å². The number of halogens is 1. The van der Waals surface area contributed by atoms with E-state index < -0.39 is 0 Å². The molecule has 3 nitrogen and oxygen atoms in total. The van der Waals surface area contributed by atoms with Crippen LogP contribution in [0.4, 0.5) is 5.88 Å². The van der Waals surface area contributed by atoms with E-state index in [1.807, 2.05) is 19.2 Å². The van der Waals surface area contributed by atoms with E-state index >= 15 is 0 Å². The number of hydrogen-bond acceptors (Lipinski definition) is 3. The largest absolute Gasteiger partial charge is 0.357 e. The molecule has 1 heterocycles. The van der Waals surface area contributed by atoms with Crippen molar-refractivity contribution in [3.63, 3.8) is 0 Å². The number of nitrogens with one attached hydrogen (secondary N) is 1. The third kappa shape index (κ3) is 2.23. The number of aromatic nitrogens is 1. The van der Waals surface area contributed by atoms with Gasteiger partial charge in [-0.1, -0.05) is 35.8 Å². The Labute approximate surface area is 117 Å². The van der Waals surface area contributed by atoms with Gasteiger partial charge in [-0.2, -0.15) is 0 Å². The first-order valence-corrected chi connectivity index (χ1v) is 6.97. The minimum absolute atomic E-state index is 0.497. The summed E-state index contributed by atoms with van der Waals surface area (Å²) in [6.07, 6.45) is 1.94. The molecule has 19 heavy (non-hydrogen) atoms. The van der Waals surface area contributed by atoms with Crippen LogP contribution in [0.1, 0.15) is 29.7 Å². The maximum absolute atomic E-state index is 5.96. The molecular weight excluding hydrogens is 260 g/mol. The highest BCUT2D eigenvalue weighted by Crippen LogP contribution is 2.39. The summed E-state index contributed by atoms with van der Waals surface area (Å²) >= 11 is 5.96. The highest BCUT2D eigenvalue weighted by Gasteiger charge is 2.31. The molecule has 1 aliphatic carbocycles. The SMILES string of the molecule is CNc1onc2c1CC(c1ccc(Cl)cc1)C(C)C2. The Bertz CT molecular complexity index is 576. The normalized spacial score (nSPS) is 22.1. The molecule has 4 heteroatoms. The van der Waals surface area contributed by atoms with E-state index in [1.54, 1.807) is 0 Å². The van der Waals surface area contributed by atoms with E-state index in [0.717, 1.165) is 29.4 Å². The number of anilines is 1. The number of rotatable bonds is 2. The third-order valence-corrected chi connectivity index (χ3v) is 4.27. The van der Waals surface area contributed by atoms with E-state index in [9.17, 15) is 0 Å². The van der Waals surface area contributed by atoms with Crippen LogP contribution in [0, 0.1) is 5.92 Å². The van der Waals surface area contributed by atoms with Crippen LogP contribution in [0.3, 0.4) is 0 Å². The lowest BCUT2D eigenvalue weighted by molar-refractivity contribution is 0.399. The molecule has 1 aliphatic rings. The minimum Gasteiger partial charge on any atom is -0.357 e. The number of benzene rings is 1. The molecule has 2 aromatic rings. The van der Waals surface area contributed by atoms with Crippen LogP contribution in [0.5, 0.6) is 0 Å². The van der Waals surface area contributed by atoms with Crippen molar-refractivity contribution in [2.24, 2.45) is 5.92 Å². The van der Waals surface area contributed by atoms with Gasteiger partial charge in [-0.25, -0.2) is 0 Å². The Morgan fingerprint density at radius 2 is 2.00 bits per heavy atom. The first-order chi connectivity index (χ1) is 9.19. The Morgan fingerprint density at radius 1 is 1.26 bits per heavy atom. The van der Waals surface area contributed by atoms with Gasteiger partial charge in [0.05, 0.1) is 5.69 Å². The summed E-state index contributed by atoms with van der Waals surface area (Å²) < 4.78 is 5.34. The summed E-state index contributed by atoms with van der Waals surface area (Å²) in [7, 11) is 1.87. The van der Waals surface area contributed by atoms with E-state index in [1.165, 1.54) is 11.1 Å². The lowest BCUT2D eigenvalue weighted by atomic mass is 9.75. The predicted octanol–water partition coefficient (Wildman–Crippen LogP) is 3.89. The second-order valence-electron chi connectivity index (χ2n) is 5.23. The fourth-order valence-corrected chi connectivity index (χ4v) is 3.06. The summed E-state index contributed by atoms with van der Waals surface area (Å²) in [5.74, 6) is 1.86. The van der Waals surface area contributed by atoms with Crippen molar-refractivity contribution >= 4 is 17.5 Å². The second-order valence-corrected chi connectivity index (χ2v) is 5.67. The smallest absolute Gasteiger partial charge is 0.227 e. The molecule has 0 radical (unpaired) electrons. The van der Waals surface area contributed by atoms with Crippen LogP contribution < -0.4 is 5.32 Å². The highest BCUT2D eigenvalue weighted by atomic mass is 35.5. The van der Waals surface area contributed by atoms with Crippen LogP contribution in [-0.4, -0.2) is 12.2 Å². The molecule has 0 saturated carbocycles. The molecule has 1 N–H and O–H groups in total. The van der Waals surface area contributed by atoms with Crippen molar-refractivity contribution in [3.8, 4) is 0 Å². The van der Waals surface area contributed by atoms with Gasteiger partial charge < -0.3 is 9.84 Å². The van der Waals surface area contributed by atoms with Gasteiger partial charge in [0.15, 0.2) is 0 Å². The fourth-order valence-electron chi connectivity index (χ4n) is 2.93. The number of fused-ring (bicyclic) bond motifs is 1. The maximum Gasteiger partial charge on any atom is 0.227 e. The standard InChI is InChI=1S/C15H17ClN2O/c1-9-7-14-13(15(17-2)19-18-14)8-12(9)10-3-5-11(16)6-4-10/h3-6,9,12,17H,7-8H2,1-2H3. The minimum atomic E-state index is 0.497. The molecule has 100 valence electrons. The van der Waals surface area contributed by atoms with Crippen molar-refractivity contribution in [1.29, 1.82) is 0 Å². The Hall–Kier alpha value is -1.48. The molecule has 0 bridgehead atoms. The molecule has 0 amide bonds. The molecule has 2 unspecified atom stereocenters. The van der Waals surface area contributed by atoms with Crippen molar-refractivity contribution in [2.45, 2.75) is 25.7 Å². The second kappa shape index (κ2) is 4.89. The zero-order valence-corrected chi connectivity index (χ0v) is 11.9. The van der Waals surface area contributed by atoms with Gasteiger partial charge >= 0.3 is 0 Å². The lowest BCUT2D eigenvalue weighted by Gasteiger charge is -2.28. The van der Waals surface area contributed by atoms with Crippen LogP contribution >= 0.6 is 11.6 Å². The quantitative estimate of drug-likeness (QED) is 0.904. The van der Waals surface area contributed by atoms with Gasteiger partial charge in [-0.3, -0.25) is 0 Å². The van der Waals surface area contributed by atoms with E-state index in [0.29, 0.717) is 11.8 Å². The van der Waals surface area contributed by atoms with Crippen molar-refractivity contribution < 1.29 is 4.52 Å². The van der Waals surface area contributed by atoms with E-state index in [4.69, 9.17) is 16.1 Å². The van der Waals surface area contributed by atoms with E-state index in [2.05, 4.69) is 29.5 Å². The molecule has 0 aliphatic heterocycles. The number of hydrogen-bond donors (Lipinski definition) is 1. The Kier molecular flexibility index (Phi) is 3.23. The zero-order chi connectivity index (χ0) is 13.4. The average Bonchev–Trinajstić information content (AvgIpc) is 2.81. The van der Waals surface area contributed by atoms with Gasteiger partial charge in [0.2, 0.25) is 5.88 Å². The van der Waals surface area contributed by atoms with Crippen LogP contribution in [0.15, 0.2) is 28.8 Å². The Morgan fingerprint density at radius 3 is 2.68 bits per heavy atom. The summed E-state index contributed by atoms with van der Waals surface area (Å²) in [5.41, 5.74) is 3.66. The monoisotopic (exact) mass is 276 g/mol. The van der Waals surface area contributed by atoms with Gasteiger partial charge in [0.1, 0.15) is 0 Å². The van der Waals surface area contributed by atoms with E-state index in [-0.39, 0.29) is 0 Å². The molecule has 3 rings (SSSR count). The summed E-state index contributed by atoms with van der Waals surface area (Å²) in [6.45, 7) is 2.27. The highest BCUT2D eigenvalue weighted by molar-refractivity contribution is 6.30. The van der Waals surface area contributed by atoms with Gasteiger partial charge in [0, 0.05) is 17.6 Å². The molecule has 0 fully saturated rings. The third-order valence-electron chi connectivity index (χ3n) is 4.02. The van der Waals surface area contributed by atoms with Gasteiger partial charge in [-0.05, 0) is 42.4 Å². The van der Waals surface area contributed by atoms with Crippen LogP contribution in [-0.2, 0) is 12.8 Å².